The lowest BCUT2D eigenvalue weighted by molar-refractivity contribution is 0.345. The molecule has 0 aromatic heterocycles. The van der Waals surface area contributed by atoms with Gasteiger partial charge in [0.2, 0.25) is 0 Å². The van der Waals surface area contributed by atoms with Gasteiger partial charge >= 0.3 is 0 Å². The van der Waals surface area contributed by atoms with Gasteiger partial charge < -0.3 is 16.0 Å². The number of nitrogens with two attached hydrogens (primary N) is 1. The Morgan fingerprint density at radius 3 is 2.75 bits per heavy atom. The molecule has 0 radical (unpaired) electrons. The minimum absolute atomic E-state index is 0.789. The number of nitrogens with zero attached hydrogens (tertiary/aromatic N) is 1. The highest BCUT2D eigenvalue weighted by Crippen LogP contribution is 2.17. The predicted octanol–water partition coefficient (Wildman–Crippen LogP) is 2.02. The molecule has 0 spiro atoms. The molecular weight excluding hydrogens is 198 g/mol. The van der Waals surface area contributed by atoms with Gasteiger partial charge in [0.05, 0.1) is 0 Å². The molecule has 0 aliphatic carbocycles. The molecule has 1 aromatic rings. The second kappa shape index (κ2) is 5.21. The van der Waals surface area contributed by atoms with E-state index in [2.05, 4.69) is 17.1 Å². The molecule has 88 valence electrons. The van der Waals surface area contributed by atoms with Crippen molar-refractivity contribution in [3.63, 3.8) is 0 Å². The van der Waals surface area contributed by atoms with E-state index in [1.807, 2.05) is 24.3 Å². The molecule has 1 unspecified atom stereocenters. The van der Waals surface area contributed by atoms with Crippen molar-refractivity contribution in [1.82, 2.24) is 4.90 Å². The zero-order valence-corrected chi connectivity index (χ0v) is 9.95. The summed E-state index contributed by atoms with van der Waals surface area (Å²) in [6.07, 6.45) is 1.32. The van der Waals surface area contributed by atoms with E-state index in [-0.39, 0.29) is 0 Å². The quantitative estimate of drug-likeness (QED) is 0.761. The van der Waals surface area contributed by atoms with Crippen molar-refractivity contribution in [2.45, 2.75) is 13.3 Å². The standard InChI is InChI=1S/C13H21N3/c1-2-16-8-7-11(10-16)9-15-13-5-3-12(14)4-6-13/h3-6,11,15H,2,7-10,14H2,1H3. The second-order valence-electron chi connectivity index (χ2n) is 4.55. The Bertz CT molecular complexity index is 320. The maximum Gasteiger partial charge on any atom is 0.0341 e. The van der Waals surface area contributed by atoms with Crippen molar-refractivity contribution < 1.29 is 0 Å². The van der Waals surface area contributed by atoms with Crippen LogP contribution in [0, 0.1) is 5.92 Å². The molecule has 0 amide bonds. The Kier molecular flexibility index (Phi) is 3.67. The summed E-state index contributed by atoms with van der Waals surface area (Å²) in [5.41, 5.74) is 7.64. The van der Waals surface area contributed by atoms with E-state index in [1.54, 1.807) is 0 Å². The van der Waals surface area contributed by atoms with Crippen LogP contribution in [0.5, 0.6) is 0 Å². The van der Waals surface area contributed by atoms with Crippen LogP contribution < -0.4 is 11.1 Å². The molecule has 3 heteroatoms. The summed E-state index contributed by atoms with van der Waals surface area (Å²) in [5, 5.41) is 3.48. The van der Waals surface area contributed by atoms with Gasteiger partial charge in [-0.1, -0.05) is 6.92 Å². The highest BCUT2D eigenvalue weighted by molar-refractivity contribution is 5.51. The van der Waals surface area contributed by atoms with Gasteiger partial charge in [-0.3, -0.25) is 0 Å². The van der Waals surface area contributed by atoms with Crippen LogP contribution in [0.25, 0.3) is 0 Å². The van der Waals surface area contributed by atoms with E-state index < -0.39 is 0 Å². The number of hydrogen-bond acceptors (Lipinski definition) is 3. The average Bonchev–Trinajstić information content (AvgIpc) is 2.76. The first-order chi connectivity index (χ1) is 7.78. The largest absolute Gasteiger partial charge is 0.399 e. The van der Waals surface area contributed by atoms with Gasteiger partial charge in [-0.15, -0.1) is 0 Å². The van der Waals surface area contributed by atoms with Gasteiger partial charge in [0.15, 0.2) is 0 Å². The highest BCUT2D eigenvalue weighted by Gasteiger charge is 2.20. The maximum absolute atomic E-state index is 5.65. The number of rotatable bonds is 4. The van der Waals surface area contributed by atoms with Gasteiger partial charge in [-0.25, -0.2) is 0 Å². The fourth-order valence-corrected chi connectivity index (χ4v) is 2.23. The van der Waals surface area contributed by atoms with Crippen molar-refractivity contribution in [2.24, 2.45) is 5.92 Å². The van der Waals surface area contributed by atoms with Crippen LogP contribution in [0.1, 0.15) is 13.3 Å². The summed E-state index contributed by atoms with van der Waals surface area (Å²) in [5.74, 6) is 0.789. The molecule has 2 rings (SSSR count). The molecule has 16 heavy (non-hydrogen) atoms. The van der Waals surface area contributed by atoms with E-state index in [9.17, 15) is 0 Å². The Morgan fingerprint density at radius 2 is 2.12 bits per heavy atom. The minimum Gasteiger partial charge on any atom is -0.399 e. The first kappa shape index (κ1) is 11.3. The topological polar surface area (TPSA) is 41.3 Å². The fraction of sp³-hybridized carbons (Fsp3) is 0.538. The zero-order chi connectivity index (χ0) is 11.4. The van der Waals surface area contributed by atoms with E-state index in [4.69, 9.17) is 5.73 Å². The van der Waals surface area contributed by atoms with Crippen LogP contribution in [0.2, 0.25) is 0 Å². The molecule has 1 heterocycles. The summed E-state index contributed by atoms with van der Waals surface area (Å²) in [6, 6.07) is 7.97. The molecular formula is C13H21N3. The van der Waals surface area contributed by atoms with E-state index in [1.165, 1.54) is 31.7 Å². The number of likely N-dealkylation sites (tertiary alicyclic amines) is 1. The average molecular weight is 219 g/mol. The normalized spacial score (nSPS) is 21.2. The van der Waals surface area contributed by atoms with Gasteiger partial charge in [-0.05, 0) is 49.7 Å². The molecule has 1 aliphatic rings. The van der Waals surface area contributed by atoms with Crippen LogP contribution >= 0.6 is 0 Å². The first-order valence-electron chi connectivity index (χ1n) is 6.09. The molecule has 0 saturated carbocycles. The molecule has 1 aliphatic heterocycles. The third kappa shape index (κ3) is 2.89. The summed E-state index contributed by atoms with van der Waals surface area (Å²) in [4.78, 5) is 2.51. The Labute approximate surface area is 97.6 Å². The molecule has 3 N–H and O–H groups in total. The van der Waals surface area contributed by atoms with Gasteiger partial charge in [-0.2, -0.15) is 0 Å². The Hall–Kier alpha value is -1.22. The number of hydrogen-bond donors (Lipinski definition) is 2. The Balaban J connectivity index is 1.77. The second-order valence-corrected chi connectivity index (χ2v) is 4.55. The number of benzene rings is 1. The minimum atomic E-state index is 0.789. The Morgan fingerprint density at radius 1 is 1.38 bits per heavy atom. The summed E-state index contributed by atoms with van der Waals surface area (Å²) >= 11 is 0. The number of nitrogens with one attached hydrogen (secondary N) is 1. The van der Waals surface area contributed by atoms with E-state index >= 15 is 0 Å². The highest BCUT2D eigenvalue weighted by atomic mass is 15.1. The monoisotopic (exact) mass is 219 g/mol. The smallest absolute Gasteiger partial charge is 0.0341 e. The van der Waals surface area contributed by atoms with Crippen molar-refractivity contribution in [1.29, 1.82) is 0 Å². The van der Waals surface area contributed by atoms with Gasteiger partial charge in [0.1, 0.15) is 0 Å². The third-order valence-electron chi connectivity index (χ3n) is 3.32. The van der Waals surface area contributed by atoms with Crippen LogP contribution in [0.4, 0.5) is 11.4 Å². The van der Waals surface area contributed by atoms with Crippen LogP contribution in [0.15, 0.2) is 24.3 Å². The van der Waals surface area contributed by atoms with E-state index in [0.29, 0.717) is 0 Å². The van der Waals surface area contributed by atoms with Crippen molar-refractivity contribution in [3.05, 3.63) is 24.3 Å². The van der Waals surface area contributed by atoms with Crippen molar-refractivity contribution in [2.75, 3.05) is 37.2 Å². The van der Waals surface area contributed by atoms with Gasteiger partial charge in [0, 0.05) is 24.5 Å². The molecule has 0 bridgehead atoms. The molecule has 3 nitrogen and oxygen atoms in total. The first-order valence-corrected chi connectivity index (χ1v) is 6.09. The zero-order valence-electron chi connectivity index (χ0n) is 9.95. The van der Waals surface area contributed by atoms with Crippen molar-refractivity contribution >= 4 is 11.4 Å². The number of anilines is 2. The van der Waals surface area contributed by atoms with E-state index in [0.717, 1.165) is 18.2 Å². The summed E-state index contributed by atoms with van der Waals surface area (Å²) in [7, 11) is 0. The van der Waals surface area contributed by atoms with Gasteiger partial charge in [0.25, 0.3) is 0 Å². The third-order valence-corrected chi connectivity index (χ3v) is 3.32. The lowest BCUT2D eigenvalue weighted by Gasteiger charge is -2.14. The maximum atomic E-state index is 5.65. The predicted molar refractivity (Wildman–Crippen MR) is 69.6 cm³/mol. The van der Waals surface area contributed by atoms with Crippen LogP contribution in [-0.2, 0) is 0 Å². The SMILES string of the molecule is CCN1CCC(CNc2ccc(N)cc2)C1. The lowest BCUT2D eigenvalue weighted by Crippen LogP contribution is -2.22. The summed E-state index contributed by atoms with van der Waals surface area (Å²) in [6.45, 7) is 6.97. The molecule has 1 saturated heterocycles. The van der Waals surface area contributed by atoms with Crippen LogP contribution in [-0.4, -0.2) is 31.1 Å². The molecule has 1 aromatic carbocycles. The molecule has 1 atom stereocenters. The molecule has 1 fully saturated rings. The fourth-order valence-electron chi connectivity index (χ4n) is 2.23. The number of nitrogen functional groups attached to an aromatic ring is 1. The summed E-state index contributed by atoms with van der Waals surface area (Å²) < 4.78 is 0. The van der Waals surface area contributed by atoms with Crippen LogP contribution in [0.3, 0.4) is 0 Å². The van der Waals surface area contributed by atoms with Crippen molar-refractivity contribution in [3.8, 4) is 0 Å². The lowest BCUT2D eigenvalue weighted by atomic mass is 10.1.